The third-order valence-corrected chi connectivity index (χ3v) is 2.92. The van der Waals surface area contributed by atoms with Crippen LogP contribution in [0.2, 0.25) is 0 Å². The SMILES string of the molecule is Nc1ccc(OC2CCC2)c(Br)c1. The molecule has 1 aliphatic rings. The molecule has 1 fully saturated rings. The van der Waals surface area contributed by atoms with Crippen molar-refractivity contribution >= 4 is 21.6 Å². The van der Waals surface area contributed by atoms with Crippen LogP contribution < -0.4 is 10.5 Å². The average molecular weight is 242 g/mol. The number of benzene rings is 1. The number of halogens is 1. The highest BCUT2D eigenvalue weighted by Gasteiger charge is 2.19. The third kappa shape index (κ3) is 1.97. The molecule has 1 saturated carbocycles. The van der Waals surface area contributed by atoms with E-state index in [4.69, 9.17) is 10.5 Å². The van der Waals surface area contributed by atoms with Crippen molar-refractivity contribution in [3.63, 3.8) is 0 Å². The van der Waals surface area contributed by atoms with E-state index in [1.807, 2.05) is 18.2 Å². The molecule has 1 aromatic carbocycles. The topological polar surface area (TPSA) is 35.2 Å². The summed E-state index contributed by atoms with van der Waals surface area (Å²) in [5, 5.41) is 0. The van der Waals surface area contributed by atoms with Crippen molar-refractivity contribution < 1.29 is 4.74 Å². The van der Waals surface area contributed by atoms with E-state index in [0.717, 1.165) is 15.9 Å². The second-order valence-electron chi connectivity index (χ2n) is 3.36. The van der Waals surface area contributed by atoms with E-state index in [0.29, 0.717) is 6.10 Å². The largest absolute Gasteiger partial charge is 0.489 e. The molecule has 2 rings (SSSR count). The molecule has 0 atom stereocenters. The van der Waals surface area contributed by atoms with Crippen LogP contribution in [0.1, 0.15) is 19.3 Å². The molecule has 0 saturated heterocycles. The number of nitrogens with two attached hydrogens (primary N) is 1. The van der Waals surface area contributed by atoms with Crippen molar-refractivity contribution in [2.75, 3.05) is 5.73 Å². The van der Waals surface area contributed by atoms with Crippen molar-refractivity contribution in [1.82, 2.24) is 0 Å². The lowest BCUT2D eigenvalue weighted by atomic mass is 9.96. The van der Waals surface area contributed by atoms with Gasteiger partial charge in [-0.05, 0) is 53.4 Å². The Kier molecular flexibility index (Phi) is 2.44. The fourth-order valence-corrected chi connectivity index (χ4v) is 1.77. The van der Waals surface area contributed by atoms with Crippen LogP contribution in [-0.2, 0) is 0 Å². The summed E-state index contributed by atoms with van der Waals surface area (Å²) in [5.74, 6) is 0.902. The minimum atomic E-state index is 0.417. The number of anilines is 1. The van der Waals surface area contributed by atoms with Gasteiger partial charge in [-0.2, -0.15) is 0 Å². The number of nitrogen functional groups attached to an aromatic ring is 1. The first kappa shape index (κ1) is 8.88. The molecule has 3 heteroatoms. The van der Waals surface area contributed by atoms with Gasteiger partial charge in [-0.3, -0.25) is 0 Å². The molecule has 0 heterocycles. The number of hydrogen-bond donors (Lipinski definition) is 1. The van der Waals surface area contributed by atoms with E-state index in [9.17, 15) is 0 Å². The highest BCUT2D eigenvalue weighted by molar-refractivity contribution is 9.10. The first-order valence-corrected chi connectivity index (χ1v) is 5.27. The average Bonchev–Trinajstić information content (AvgIpc) is 1.99. The summed E-state index contributed by atoms with van der Waals surface area (Å²) in [5.41, 5.74) is 6.38. The lowest BCUT2D eigenvalue weighted by Gasteiger charge is -2.26. The molecule has 0 amide bonds. The summed E-state index contributed by atoms with van der Waals surface area (Å²) in [7, 11) is 0. The van der Waals surface area contributed by atoms with Gasteiger partial charge in [0.2, 0.25) is 0 Å². The molecule has 70 valence electrons. The van der Waals surface area contributed by atoms with Gasteiger partial charge in [0.1, 0.15) is 5.75 Å². The van der Waals surface area contributed by atoms with Crippen LogP contribution in [0.3, 0.4) is 0 Å². The zero-order valence-electron chi connectivity index (χ0n) is 7.29. The van der Waals surface area contributed by atoms with Crippen LogP contribution in [-0.4, -0.2) is 6.10 Å². The van der Waals surface area contributed by atoms with Crippen molar-refractivity contribution in [3.8, 4) is 5.75 Å². The molecule has 1 aromatic rings. The Balaban J connectivity index is 2.10. The van der Waals surface area contributed by atoms with Crippen molar-refractivity contribution in [2.24, 2.45) is 0 Å². The summed E-state index contributed by atoms with van der Waals surface area (Å²) in [6.07, 6.45) is 4.06. The Bertz CT molecular complexity index is 310. The molecule has 0 aliphatic heterocycles. The molecule has 2 N–H and O–H groups in total. The van der Waals surface area contributed by atoms with E-state index in [-0.39, 0.29) is 0 Å². The summed E-state index contributed by atoms with van der Waals surface area (Å²) in [6, 6.07) is 5.64. The maximum atomic E-state index is 5.73. The predicted octanol–water partition coefficient (Wildman–Crippen LogP) is 2.96. The van der Waals surface area contributed by atoms with E-state index in [2.05, 4.69) is 15.9 Å². The number of hydrogen-bond acceptors (Lipinski definition) is 2. The molecule has 2 nitrogen and oxygen atoms in total. The van der Waals surface area contributed by atoms with Gasteiger partial charge in [0, 0.05) is 5.69 Å². The van der Waals surface area contributed by atoms with E-state index in [1.165, 1.54) is 19.3 Å². The van der Waals surface area contributed by atoms with E-state index >= 15 is 0 Å². The Labute approximate surface area is 86.2 Å². The fourth-order valence-electron chi connectivity index (χ4n) is 1.28. The zero-order chi connectivity index (χ0) is 9.26. The summed E-state index contributed by atoms with van der Waals surface area (Å²) in [6.45, 7) is 0. The van der Waals surface area contributed by atoms with Crippen LogP contribution in [0.25, 0.3) is 0 Å². The first-order chi connectivity index (χ1) is 6.25. The van der Waals surface area contributed by atoms with Crippen LogP contribution in [0.4, 0.5) is 5.69 Å². The Morgan fingerprint density at radius 1 is 1.38 bits per heavy atom. The molecular formula is C10H12BrNO. The quantitative estimate of drug-likeness (QED) is 0.809. The van der Waals surface area contributed by atoms with E-state index in [1.54, 1.807) is 0 Å². The zero-order valence-corrected chi connectivity index (χ0v) is 8.88. The molecule has 0 bridgehead atoms. The standard InChI is InChI=1S/C10H12BrNO/c11-9-6-7(12)4-5-10(9)13-8-2-1-3-8/h4-6,8H,1-3,12H2. The smallest absolute Gasteiger partial charge is 0.134 e. The lowest BCUT2D eigenvalue weighted by molar-refractivity contribution is 0.119. The lowest BCUT2D eigenvalue weighted by Crippen LogP contribution is -2.24. The van der Waals surface area contributed by atoms with Crippen molar-refractivity contribution in [3.05, 3.63) is 22.7 Å². The van der Waals surface area contributed by atoms with Gasteiger partial charge >= 0.3 is 0 Å². The molecule has 0 radical (unpaired) electrons. The summed E-state index contributed by atoms with van der Waals surface area (Å²) in [4.78, 5) is 0. The molecule has 1 aliphatic carbocycles. The van der Waals surface area contributed by atoms with Crippen LogP contribution >= 0.6 is 15.9 Å². The normalized spacial score (nSPS) is 16.7. The summed E-state index contributed by atoms with van der Waals surface area (Å²) < 4.78 is 6.68. The highest BCUT2D eigenvalue weighted by Crippen LogP contribution is 2.31. The van der Waals surface area contributed by atoms with Gasteiger partial charge in [-0.25, -0.2) is 0 Å². The van der Waals surface area contributed by atoms with Gasteiger partial charge < -0.3 is 10.5 Å². The van der Waals surface area contributed by atoms with Crippen molar-refractivity contribution in [1.29, 1.82) is 0 Å². The van der Waals surface area contributed by atoms with Gasteiger partial charge in [-0.1, -0.05) is 0 Å². The minimum absolute atomic E-state index is 0.417. The van der Waals surface area contributed by atoms with Gasteiger partial charge in [0.15, 0.2) is 0 Å². The Hall–Kier alpha value is -0.700. The van der Waals surface area contributed by atoms with Crippen molar-refractivity contribution in [2.45, 2.75) is 25.4 Å². The number of rotatable bonds is 2. The monoisotopic (exact) mass is 241 g/mol. The minimum Gasteiger partial charge on any atom is -0.489 e. The first-order valence-electron chi connectivity index (χ1n) is 4.47. The Morgan fingerprint density at radius 2 is 2.15 bits per heavy atom. The predicted molar refractivity (Wildman–Crippen MR) is 56.8 cm³/mol. The molecular weight excluding hydrogens is 230 g/mol. The number of ether oxygens (including phenoxy) is 1. The molecule has 0 aromatic heterocycles. The second kappa shape index (κ2) is 3.58. The van der Waals surface area contributed by atoms with Gasteiger partial charge in [0.25, 0.3) is 0 Å². The fraction of sp³-hybridized carbons (Fsp3) is 0.400. The summed E-state index contributed by atoms with van der Waals surface area (Å²) >= 11 is 3.42. The van der Waals surface area contributed by atoms with E-state index < -0.39 is 0 Å². The highest BCUT2D eigenvalue weighted by atomic mass is 79.9. The Morgan fingerprint density at radius 3 is 2.69 bits per heavy atom. The van der Waals surface area contributed by atoms with Gasteiger partial charge in [-0.15, -0.1) is 0 Å². The maximum Gasteiger partial charge on any atom is 0.134 e. The van der Waals surface area contributed by atoms with Crippen LogP contribution in [0.15, 0.2) is 22.7 Å². The molecule has 13 heavy (non-hydrogen) atoms. The third-order valence-electron chi connectivity index (χ3n) is 2.30. The van der Waals surface area contributed by atoms with Gasteiger partial charge in [0.05, 0.1) is 10.6 Å². The maximum absolute atomic E-state index is 5.73. The molecule has 0 unspecified atom stereocenters. The van der Waals surface area contributed by atoms with Crippen LogP contribution in [0.5, 0.6) is 5.75 Å². The second-order valence-corrected chi connectivity index (χ2v) is 4.21. The molecule has 0 spiro atoms. The van der Waals surface area contributed by atoms with Crippen LogP contribution in [0, 0.1) is 0 Å².